The van der Waals surface area contributed by atoms with Crippen molar-refractivity contribution >= 4 is 5.71 Å². The molecule has 0 unspecified atom stereocenters. The number of nitrogens with zero attached hydrogens (tertiary/aromatic N) is 2. The molecule has 0 aliphatic rings. The van der Waals surface area contributed by atoms with Gasteiger partial charge in [0, 0.05) is 25.0 Å². The van der Waals surface area contributed by atoms with Gasteiger partial charge in [-0.2, -0.15) is 0 Å². The van der Waals surface area contributed by atoms with E-state index < -0.39 is 0 Å². The van der Waals surface area contributed by atoms with Crippen molar-refractivity contribution < 1.29 is 4.84 Å². The Morgan fingerprint density at radius 1 is 1.64 bits per heavy atom. The Morgan fingerprint density at radius 3 is 2.82 bits per heavy atom. The van der Waals surface area contributed by atoms with Crippen molar-refractivity contribution in [1.29, 1.82) is 0 Å². The topological polar surface area (TPSA) is 26.5 Å². The molecule has 0 bridgehead atoms. The van der Waals surface area contributed by atoms with Crippen LogP contribution in [0.1, 0.15) is 12.5 Å². The lowest BCUT2D eigenvalue weighted by molar-refractivity contribution is 0.213. The standard InChI is InChI=1S/C8H12N2O/c1-7(9-11-3)8-4-5-10(2)6-8/h4-6H,1-3H3/b9-7-. The van der Waals surface area contributed by atoms with Crippen LogP contribution >= 0.6 is 0 Å². The average molecular weight is 152 g/mol. The Balaban J connectivity index is 2.84. The maximum absolute atomic E-state index is 4.65. The summed E-state index contributed by atoms with van der Waals surface area (Å²) < 4.78 is 1.98. The van der Waals surface area contributed by atoms with E-state index in [0.717, 1.165) is 11.3 Å². The van der Waals surface area contributed by atoms with Crippen molar-refractivity contribution in [3.63, 3.8) is 0 Å². The number of rotatable bonds is 2. The van der Waals surface area contributed by atoms with Gasteiger partial charge >= 0.3 is 0 Å². The summed E-state index contributed by atoms with van der Waals surface area (Å²) in [4.78, 5) is 4.65. The molecule has 0 saturated carbocycles. The minimum atomic E-state index is 0.896. The summed E-state index contributed by atoms with van der Waals surface area (Å²) >= 11 is 0. The van der Waals surface area contributed by atoms with Crippen LogP contribution < -0.4 is 0 Å². The highest BCUT2D eigenvalue weighted by atomic mass is 16.6. The highest BCUT2D eigenvalue weighted by Gasteiger charge is 1.97. The van der Waals surface area contributed by atoms with Crippen LogP contribution in [0.15, 0.2) is 23.6 Å². The van der Waals surface area contributed by atoms with Crippen LogP contribution in [-0.4, -0.2) is 17.4 Å². The van der Waals surface area contributed by atoms with Gasteiger partial charge in [0.15, 0.2) is 0 Å². The number of hydrogen-bond donors (Lipinski definition) is 0. The molecule has 1 heterocycles. The van der Waals surface area contributed by atoms with E-state index in [1.54, 1.807) is 7.11 Å². The normalized spacial score (nSPS) is 11.7. The zero-order valence-corrected chi connectivity index (χ0v) is 7.03. The molecule has 1 aromatic heterocycles. The molecule has 0 aliphatic carbocycles. The predicted molar refractivity (Wildman–Crippen MR) is 44.6 cm³/mol. The van der Waals surface area contributed by atoms with Crippen molar-refractivity contribution in [2.45, 2.75) is 6.92 Å². The van der Waals surface area contributed by atoms with E-state index in [1.807, 2.05) is 37.0 Å². The van der Waals surface area contributed by atoms with Gasteiger partial charge in [0.2, 0.25) is 0 Å². The minimum absolute atomic E-state index is 0.896. The smallest absolute Gasteiger partial charge is 0.106 e. The summed E-state index contributed by atoms with van der Waals surface area (Å²) in [6.45, 7) is 1.92. The number of aryl methyl sites for hydroxylation is 1. The first kappa shape index (κ1) is 7.85. The second-order valence-corrected chi connectivity index (χ2v) is 2.42. The van der Waals surface area contributed by atoms with E-state index in [-0.39, 0.29) is 0 Å². The molecule has 0 saturated heterocycles. The molecular weight excluding hydrogens is 140 g/mol. The van der Waals surface area contributed by atoms with Gasteiger partial charge in [-0.3, -0.25) is 0 Å². The zero-order valence-electron chi connectivity index (χ0n) is 7.03. The van der Waals surface area contributed by atoms with Crippen LogP contribution in [-0.2, 0) is 11.9 Å². The summed E-state index contributed by atoms with van der Waals surface area (Å²) in [7, 11) is 3.52. The monoisotopic (exact) mass is 152 g/mol. The molecule has 1 rings (SSSR count). The second-order valence-electron chi connectivity index (χ2n) is 2.42. The quantitative estimate of drug-likeness (QED) is 0.464. The molecule has 3 nitrogen and oxygen atoms in total. The minimum Gasteiger partial charge on any atom is -0.399 e. The highest BCUT2D eigenvalue weighted by molar-refractivity contribution is 5.98. The molecule has 0 fully saturated rings. The first-order chi connectivity index (χ1) is 5.24. The third-order valence-corrected chi connectivity index (χ3v) is 1.48. The van der Waals surface area contributed by atoms with E-state index >= 15 is 0 Å². The van der Waals surface area contributed by atoms with Crippen LogP contribution in [0, 0.1) is 0 Å². The Hall–Kier alpha value is -1.25. The molecule has 0 aliphatic heterocycles. The van der Waals surface area contributed by atoms with Crippen molar-refractivity contribution in [2.75, 3.05) is 7.11 Å². The van der Waals surface area contributed by atoms with Crippen molar-refractivity contribution in [2.24, 2.45) is 12.2 Å². The van der Waals surface area contributed by atoms with Crippen molar-refractivity contribution in [3.05, 3.63) is 24.0 Å². The lowest BCUT2D eigenvalue weighted by Gasteiger charge is -1.93. The fourth-order valence-electron chi connectivity index (χ4n) is 0.907. The van der Waals surface area contributed by atoms with Gasteiger partial charge in [0.1, 0.15) is 7.11 Å². The molecular formula is C8H12N2O. The summed E-state index contributed by atoms with van der Waals surface area (Å²) in [6.07, 6.45) is 3.97. The van der Waals surface area contributed by atoms with E-state index in [1.165, 1.54) is 0 Å². The Morgan fingerprint density at radius 2 is 2.36 bits per heavy atom. The van der Waals surface area contributed by atoms with E-state index in [2.05, 4.69) is 9.99 Å². The van der Waals surface area contributed by atoms with Crippen molar-refractivity contribution in [3.8, 4) is 0 Å². The number of hydrogen-bond acceptors (Lipinski definition) is 2. The van der Waals surface area contributed by atoms with Gasteiger partial charge < -0.3 is 9.40 Å². The molecule has 0 N–H and O–H groups in total. The Labute approximate surface area is 66.3 Å². The van der Waals surface area contributed by atoms with Gasteiger partial charge in [-0.15, -0.1) is 0 Å². The zero-order chi connectivity index (χ0) is 8.27. The summed E-state index contributed by atoms with van der Waals surface area (Å²) in [5, 5.41) is 3.81. The average Bonchev–Trinajstić information content (AvgIpc) is 2.36. The van der Waals surface area contributed by atoms with Crippen LogP contribution in [0.25, 0.3) is 0 Å². The predicted octanol–water partition coefficient (Wildman–Crippen LogP) is 1.40. The first-order valence-electron chi connectivity index (χ1n) is 3.44. The third kappa shape index (κ3) is 1.83. The molecule has 0 radical (unpaired) electrons. The molecule has 3 heteroatoms. The summed E-state index contributed by atoms with van der Waals surface area (Å²) in [6, 6.07) is 2.00. The number of aromatic nitrogens is 1. The van der Waals surface area contributed by atoms with Gasteiger partial charge in [0.05, 0.1) is 5.71 Å². The van der Waals surface area contributed by atoms with Gasteiger partial charge in [-0.1, -0.05) is 5.16 Å². The van der Waals surface area contributed by atoms with Crippen LogP contribution in [0.2, 0.25) is 0 Å². The maximum atomic E-state index is 4.65. The molecule has 0 atom stereocenters. The lowest BCUT2D eigenvalue weighted by atomic mass is 10.2. The molecule has 1 aromatic rings. The second kappa shape index (κ2) is 3.23. The Kier molecular flexibility index (Phi) is 2.31. The molecule has 60 valence electrons. The SMILES string of the molecule is CO/N=C(/C)c1ccn(C)c1. The fourth-order valence-corrected chi connectivity index (χ4v) is 0.907. The number of oxime groups is 1. The van der Waals surface area contributed by atoms with Gasteiger partial charge in [0.25, 0.3) is 0 Å². The van der Waals surface area contributed by atoms with Crippen LogP contribution in [0.3, 0.4) is 0 Å². The highest BCUT2D eigenvalue weighted by Crippen LogP contribution is 2.01. The maximum Gasteiger partial charge on any atom is 0.106 e. The summed E-state index contributed by atoms with van der Waals surface area (Å²) in [5.74, 6) is 0. The molecule has 0 aromatic carbocycles. The van der Waals surface area contributed by atoms with Crippen LogP contribution in [0.4, 0.5) is 0 Å². The van der Waals surface area contributed by atoms with Crippen molar-refractivity contribution in [1.82, 2.24) is 4.57 Å². The summed E-state index contributed by atoms with van der Waals surface area (Å²) in [5.41, 5.74) is 1.99. The van der Waals surface area contributed by atoms with Gasteiger partial charge in [-0.05, 0) is 13.0 Å². The lowest BCUT2D eigenvalue weighted by Crippen LogP contribution is -1.92. The van der Waals surface area contributed by atoms with Gasteiger partial charge in [-0.25, -0.2) is 0 Å². The fraction of sp³-hybridized carbons (Fsp3) is 0.375. The molecule has 0 spiro atoms. The van der Waals surface area contributed by atoms with E-state index in [9.17, 15) is 0 Å². The van der Waals surface area contributed by atoms with Crippen LogP contribution in [0.5, 0.6) is 0 Å². The molecule has 0 amide bonds. The first-order valence-corrected chi connectivity index (χ1v) is 3.44. The van der Waals surface area contributed by atoms with E-state index in [4.69, 9.17) is 0 Å². The largest absolute Gasteiger partial charge is 0.399 e. The molecule has 11 heavy (non-hydrogen) atoms. The van der Waals surface area contributed by atoms with E-state index in [0.29, 0.717) is 0 Å². The Bertz CT molecular complexity index is 263. The third-order valence-electron chi connectivity index (χ3n) is 1.48.